The summed E-state index contributed by atoms with van der Waals surface area (Å²) >= 11 is 5.82. The average Bonchev–Trinajstić information content (AvgIpc) is 2.48. The highest BCUT2D eigenvalue weighted by Crippen LogP contribution is 2.34. The number of halogens is 5. The van der Waals surface area contributed by atoms with Gasteiger partial charge in [-0.2, -0.15) is 8.78 Å². The monoisotopic (exact) mass is 327 g/mol. The fourth-order valence-corrected chi connectivity index (χ4v) is 2.13. The van der Waals surface area contributed by atoms with Crippen molar-refractivity contribution in [3.05, 3.63) is 64.8 Å². The van der Waals surface area contributed by atoms with Gasteiger partial charge in [0.15, 0.2) is 0 Å². The molecule has 0 radical (unpaired) electrons. The molecule has 0 N–H and O–H groups in total. The van der Waals surface area contributed by atoms with Gasteiger partial charge in [0.05, 0.1) is 6.20 Å². The molecule has 2 heterocycles. The molecule has 3 rings (SSSR count). The van der Waals surface area contributed by atoms with Crippen molar-refractivity contribution in [3.8, 4) is 0 Å². The van der Waals surface area contributed by atoms with Crippen molar-refractivity contribution in [1.82, 2.24) is 15.0 Å². The zero-order valence-corrected chi connectivity index (χ0v) is 11.5. The molecule has 0 saturated heterocycles. The largest absolute Gasteiger partial charge is 0.348 e. The summed E-state index contributed by atoms with van der Waals surface area (Å²) in [7, 11) is 0. The van der Waals surface area contributed by atoms with E-state index >= 15 is 0 Å². The first kappa shape index (κ1) is 14.6. The van der Waals surface area contributed by atoms with Crippen molar-refractivity contribution >= 4 is 22.5 Å². The second-order valence-corrected chi connectivity index (χ2v) is 4.77. The number of pyridine rings is 1. The van der Waals surface area contributed by atoms with Crippen LogP contribution >= 0.6 is 11.6 Å². The molecular weight excluding hydrogens is 322 g/mol. The number of alkyl halides is 2. The first-order valence-corrected chi connectivity index (χ1v) is 6.39. The number of aromatic nitrogens is 3. The molecule has 1 aromatic carbocycles. The van der Waals surface area contributed by atoms with E-state index in [1.165, 1.54) is 12.1 Å². The van der Waals surface area contributed by atoms with E-state index in [0.29, 0.717) is 6.20 Å². The average molecular weight is 328 g/mol. The fraction of sp³-hybridized carbons (Fsp3) is 0.0714. The SMILES string of the molecule is Fc1ccc(C(F)(F)c2nc(Cl)c3cccc(F)c3n2)nc1. The molecule has 22 heavy (non-hydrogen) atoms. The number of hydrogen-bond donors (Lipinski definition) is 0. The standard InChI is InChI=1S/C14H6ClF4N3/c15-12-8-2-1-3-9(17)11(8)21-13(22-12)14(18,19)10-5-4-7(16)6-20-10/h1-6H. The van der Waals surface area contributed by atoms with Crippen LogP contribution in [-0.2, 0) is 5.92 Å². The Morgan fingerprint density at radius 2 is 1.77 bits per heavy atom. The first-order valence-electron chi connectivity index (χ1n) is 6.01. The summed E-state index contributed by atoms with van der Waals surface area (Å²) in [5.74, 6) is -6.31. The molecule has 0 aliphatic heterocycles. The summed E-state index contributed by atoms with van der Waals surface area (Å²) < 4.78 is 55.3. The molecule has 0 saturated carbocycles. The molecule has 112 valence electrons. The van der Waals surface area contributed by atoms with E-state index < -0.39 is 29.1 Å². The highest BCUT2D eigenvalue weighted by Gasteiger charge is 2.40. The minimum Gasteiger partial charge on any atom is -0.251 e. The first-order chi connectivity index (χ1) is 10.4. The number of para-hydroxylation sites is 1. The van der Waals surface area contributed by atoms with Crippen LogP contribution in [0.3, 0.4) is 0 Å². The summed E-state index contributed by atoms with van der Waals surface area (Å²) in [6.07, 6.45) is 0.645. The van der Waals surface area contributed by atoms with Crippen LogP contribution in [0.4, 0.5) is 17.6 Å². The molecule has 0 amide bonds. The van der Waals surface area contributed by atoms with Gasteiger partial charge in [0.25, 0.3) is 0 Å². The zero-order chi connectivity index (χ0) is 15.9. The number of hydrogen-bond acceptors (Lipinski definition) is 3. The summed E-state index contributed by atoms with van der Waals surface area (Å²) in [5.41, 5.74) is -1.08. The predicted octanol–water partition coefficient (Wildman–Crippen LogP) is 4.10. The normalized spacial score (nSPS) is 11.9. The van der Waals surface area contributed by atoms with Gasteiger partial charge in [-0.15, -0.1) is 0 Å². The van der Waals surface area contributed by atoms with Crippen LogP contribution in [0.15, 0.2) is 36.5 Å². The lowest BCUT2D eigenvalue weighted by atomic mass is 10.2. The van der Waals surface area contributed by atoms with Crippen LogP contribution < -0.4 is 0 Å². The van der Waals surface area contributed by atoms with Crippen molar-refractivity contribution < 1.29 is 17.6 Å². The van der Waals surface area contributed by atoms with Gasteiger partial charge >= 0.3 is 5.92 Å². The molecule has 0 fully saturated rings. The molecule has 0 unspecified atom stereocenters. The minimum atomic E-state index is -3.74. The third kappa shape index (κ3) is 2.37. The Balaban J connectivity index is 2.20. The van der Waals surface area contributed by atoms with Crippen molar-refractivity contribution in [1.29, 1.82) is 0 Å². The van der Waals surface area contributed by atoms with E-state index in [-0.39, 0.29) is 16.1 Å². The van der Waals surface area contributed by atoms with E-state index in [1.807, 2.05) is 0 Å². The number of nitrogens with zero attached hydrogens (tertiary/aromatic N) is 3. The van der Waals surface area contributed by atoms with Gasteiger partial charge in [-0.1, -0.05) is 17.7 Å². The number of fused-ring (bicyclic) bond motifs is 1. The van der Waals surface area contributed by atoms with Crippen LogP contribution in [0.1, 0.15) is 11.5 Å². The maximum atomic E-state index is 14.4. The highest BCUT2D eigenvalue weighted by molar-refractivity contribution is 6.34. The Bertz CT molecular complexity index is 853. The van der Waals surface area contributed by atoms with Gasteiger partial charge in [0, 0.05) is 5.39 Å². The van der Waals surface area contributed by atoms with Gasteiger partial charge < -0.3 is 0 Å². The van der Waals surface area contributed by atoms with Crippen molar-refractivity contribution in [2.24, 2.45) is 0 Å². The van der Waals surface area contributed by atoms with Gasteiger partial charge in [-0.3, -0.25) is 4.98 Å². The van der Waals surface area contributed by atoms with Gasteiger partial charge in [0.2, 0.25) is 5.82 Å². The lowest BCUT2D eigenvalue weighted by Crippen LogP contribution is -2.21. The van der Waals surface area contributed by atoms with Gasteiger partial charge in [-0.25, -0.2) is 18.7 Å². The molecule has 0 aliphatic rings. The molecule has 8 heteroatoms. The van der Waals surface area contributed by atoms with Crippen molar-refractivity contribution in [2.75, 3.05) is 0 Å². The van der Waals surface area contributed by atoms with E-state index in [9.17, 15) is 17.6 Å². The predicted molar refractivity (Wildman–Crippen MR) is 71.7 cm³/mol. The second-order valence-electron chi connectivity index (χ2n) is 4.41. The summed E-state index contributed by atoms with van der Waals surface area (Å²) in [5, 5.41) is -0.186. The Labute approximate surface area is 126 Å². The van der Waals surface area contributed by atoms with Crippen molar-refractivity contribution in [3.63, 3.8) is 0 Å². The molecule has 0 spiro atoms. The summed E-state index contributed by atoms with van der Waals surface area (Å²) in [6.45, 7) is 0. The van der Waals surface area contributed by atoms with Crippen LogP contribution in [0.5, 0.6) is 0 Å². The molecule has 0 aliphatic carbocycles. The fourth-order valence-electron chi connectivity index (χ4n) is 1.90. The van der Waals surface area contributed by atoms with Crippen LogP contribution in [0.2, 0.25) is 5.15 Å². The molecule has 2 aromatic heterocycles. The quantitative estimate of drug-likeness (QED) is 0.525. The minimum absolute atomic E-state index is 0.119. The van der Waals surface area contributed by atoms with Crippen molar-refractivity contribution in [2.45, 2.75) is 5.92 Å². The van der Waals surface area contributed by atoms with Gasteiger partial charge in [0.1, 0.15) is 28.0 Å². The highest BCUT2D eigenvalue weighted by atomic mass is 35.5. The van der Waals surface area contributed by atoms with Crippen LogP contribution in [-0.4, -0.2) is 15.0 Å². The maximum absolute atomic E-state index is 14.4. The number of rotatable bonds is 2. The molecule has 0 bridgehead atoms. The Kier molecular flexibility index (Phi) is 3.44. The Morgan fingerprint density at radius 3 is 2.45 bits per heavy atom. The molecule has 3 aromatic rings. The van der Waals surface area contributed by atoms with E-state index in [2.05, 4.69) is 15.0 Å². The molecule has 3 nitrogen and oxygen atoms in total. The van der Waals surface area contributed by atoms with Crippen LogP contribution in [0.25, 0.3) is 10.9 Å². The topological polar surface area (TPSA) is 38.7 Å². The zero-order valence-electron chi connectivity index (χ0n) is 10.7. The third-order valence-corrected chi connectivity index (χ3v) is 3.25. The van der Waals surface area contributed by atoms with E-state index in [0.717, 1.165) is 18.2 Å². The lowest BCUT2D eigenvalue weighted by molar-refractivity contribution is 0.0283. The Hall–Kier alpha value is -2.28. The summed E-state index contributed by atoms with van der Waals surface area (Å²) in [6, 6.07) is 5.49. The summed E-state index contributed by atoms with van der Waals surface area (Å²) in [4.78, 5) is 10.4. The van der Waals surface area contributed by atoms with E-state index in [4.69, 9.17) is 11.6 Å². The maximum Gasteiger partial charge on any atom is 0.348 e. The van der Waals surface area contributed by atoms with E-state index in [1.54, 1.807) is 0 Å². The molecular formula is C14H6ClF4N3. The Morgan fingerprint density at radius 1 is 1.00 bits per heavy atom. The van der Waals surface area contributed by atoms with Crippen LogP contribution in [0, 0.1) is 11.6 Å². The van der Waals surface area contributed by atoms with Gasteiger partial charge in [-0.05, 0) is 24.3 Å². The molecule has 0 atom stereocenters. The third-order valence-electron chi connectivity index (χ3n) is 2.96. The smallest absolute Gasteiger partial charge is 0.251 e. The number of benzene rings is 1. The second kappa shape index (κ2) is 5.17. The lowest BCUT2D eigenvalue weighted by Gasteiger charge is -2.15.